The molecule has 4 nitrogen and oxygen atoms in total. The quantitative estimate of drug-likeness (QED) is 0.771. The van der Waals surface area contributed by atoms with Gasteiger partial charge in [0, 0.05) is 0 Å². The van der Waals surface area contributed by atoms with E-state index < -0.39 is 0 Å². The smallest absolute Gasteiger partial charge is 0.262 e. The Morgan fingerprint density at radius 1 is 1.24 bits per heavy atom. The summed E-state index contributed by atoms with van der Waals surface area (Å²) in [6.45, 7) is 2.27. The van der Waals surface area contributed by atoms with Crippen molar-refractivity contribution < 1.29 is 9.53 Å². The summed E-state index contributed by atoms with van der Waals surface area (Å²) < 4.78 is 5.35. The van der Waals surface area contributed by atoms with E-state index in [1.807, 2.05) is 6.07 Å². The molecule has 0 bridgehead atoms. The summed E-state index contributed by atoms with van der Waals surface area (Å²) in [5.74, 6) is 1.31. The van der Waals surface area contributed by atoms with E-state index in [9.17, 15) is 4.79 Å². The number of hydrogen-bond acceptors (Lipinski definition) is 3. The van der Waals surface area contributed by atoms with Gasteiger partial charge in [0.15, 0.2) is 6.61 Å². The van der Waals surface area contributed by atoms with Crippen LogP contribution in [0.25, 0.3) is 0 Å². The minimum absolute atomic E-state index is 0.0695. The fourth-order valence-electron chi connectivity index (χ4n) is 2.51. The normalized spacial score (nSPS) is 20.4. The van der Waals surface area contributed by atoms with Crippen molar-refractivity contribution in [2.45, 2.75) is 18.8 Å². The van der Waals surface area contributed by atoms with Gasteiger partial charge in [0.1, 0.15) is 5.75 Å². The topological polar surface area (TPSA) is 50.4 Å². The van der Waals surface area contributed by atoms with Crippen molar-refractivity contribution in [3.05, 3.63) is 23.8 Å². The van der Waals surface area contributed by atoms with E-state index in [0.29, 0.717) is 5.92 Å². The Morgan fingerprint density at radius 3 is 2.88 bits per heavy atom. The van der Waals surface area contributed by atoms with E-state index in [-0.39, 0.29) is 12.5 Å². The first-order valence-corrected chi connectivity index (χ1v) is 6.10. The lowest BCUT2D eigenvalue weighted by Crippen LogP contribution is -2.27. The van der Waals surface area contributed by atoms with Gasteiger partial charge in [-0.2, -0.15) is 0 Å². The van der Waals surface area contributed by atoms with Gasteiger partial charge in [-0.05, 0) is 49.5 Å². The highest BCUT2D eigenvalue weighted by Gasteiger charge is 2.20. The summed E-state index contributed by atoms with van der Waals surface area (Å²) in [4.78, 5) is 11.3. The minimum Gasteiger partial charge on any atom is -0.482 e. The van der Waals surface area contributed by atoms with Gasteiger partial charge in [0.05, 0.1) is 5.69 Å². The molecule has 2 N–H and O–H groups in total. The minimum atomic E-state index is -0.0695. The van der Waals surface area contributed by atoms with Gasteiger partial charge in [-0.25, -0.2) is 0 Å². The zero-order chi connectivity index (χ0) is 11.7. The molecule has 3 rings (SSSR count). The van der Waals surface area contributed by atoms with Crippen molar-refractivity contribution in [2.75, 3.05) is 25.0 Å². The number of anilines is 1. The lowest BCUT2D eigenvalue weighted by Gasteiger charge is -2.25. The second-order valence-corrected chi connectivity index (χ2v) is 4.62. The van der Waals surface area contributed by atoms with Crippen LogP contribution >= 0.6 is 0 Å². The van der Waals surface area contributed by atoms with Crippen molar-refractivity contribution in [3.63, 3.8) is 0 Å². The summed E-state index contributed by atoms with van der Waals surface area (Å²) in [7, 11) is 0. The lowest BCUT2D eigenvalue weighted by molar-refractivity contribution is -0.118. The number of amides is 1. The number of carbonyl (C=O) groups excluding carboxylic acids is 1. The molecule has 0 radical (unpaired) electrons. The van der Waals surface area contributed by atoms with Crippen molar-refractivity contribution in [3.8, 4) is 5.75 Å². The highest BCUT2D eigenvalue weighted by atomic mass is 16.5. The Labute approximate surface area is 100 Å². The maximum Gasteiger partial charge on any atom is 0.262 e. The highest BCUT2D eigenvalue weighted by Crippen LogP contribution is 2.33. The first-order chi connectivity index (χ1) is 8.33. The van der Waals surface area contributed by atoms with Gasteiger partial charge in [-0.3, -0.25) is 4.79 Å². The number of carbonyl (C=O) groups is 1. The largest absolute Gasteiger partial charge is 0.482 e. The third-order valence-corrected chi connectivity index (χ3v) is 3.45. The number of hydrogen-bond donors (Lipinski definition) is 2. The number of benzene rings is 1. The van der Waals surface area contributed by atoms with Gasteiger partial charge >= 0.3 is 0 Å². The van der Waals surface area contributed by atoms with Crippen LogP contribution in [0, 0.1) is 0 Å². The second kappa shape index (κ2) is 4.37. The van der Waals surface area contributed by atoms with Crippen molar-refractivity contribution >= 4 is 11.6 Å². The third-order valence-electron chi connectivity index (χ3n) is 3.45. The van der Waals surface area contributed by atoms with E-state index in [0.717, 1.165) is 37.4 Å². The van der Waals surface area contributed by atoms with E-state index in [1.165, 1.54) is 5.56 Å². The molecule has 1 amide bonds. The van der Waals surface area contributed by atoms with Gasteiger partial charge < -0.3 is 15.4 Å². The Hall–Kier alpha value is -1.55. The molecule has 1 aromatic carbocycles. The van der Waals surface area contributed by atoms with Gasteiger partial charge in [0.25, 0.3) is 5.91 Å². The Bertz CT molecular complexity index is 439. The molecule has 2 aliphatic rings. The molecule has 2 heterocycles. The Morgan fingerprint density at radius 2 is 2.06 bits per heavy atom. The molecule has 2 aliphatic heterocycles. The second-order valence-electron chi connectivity index (χ2n) is 4.62. The molecular weight excluding hydrogens is 216 g/mol. The molecule has 1 saturated heterocycles. The van der Waals surface area contributed by atoms with E-state index >= 15 is 0 Å². The maximum absolute atomic E-state index is 11.3. The summed E-state index contributed by atoms with van der Waals surface area (Å²) in [5.41, 5.74) is 2.12. The van der Waals surface area contributed by atoms with Crippen LogP contribution in [-0.2, 0) is 4.79 Å². The highest BCUT2D eigenvalue weighted by molar-refractivity contribution is 5.95. The van der Waals surface area contributed by atoms with Crippen LogP contribution in [0.3, 0.4) is 0 Å². The molecule has 17 heavy (non-hydrogen) atoms. The molecule has 0 aromatic heterocycles. The fraction of sp³-hybridized carbons (Fsp3) is 0.462. The monoisotopic (exact) mass is 232 g/mol. The molecular formula is C13H16N2O2. The van der Waals surface area contributed by atoms with Crippen LogP contribution in [0.1, 0.15) is 24.3 Å². The first-order valence-electron chi connectivity index (χ1n) is 6.10. The predicted octanol–water partition coefficient (Wildman–Crippen LogP) is 1.48. The zero-order valence-electron chi connectivity index (χ0n) is 9.66. The van der Waals surface area contributed by atoms with Crippen molar-refractivity contribution in [1.82, 2.24) is 5.32 Å². The molecule has 1 aromatic rings. The molecule has 1 fully saturated rings. The van der Waals surface area contributed by atoms with Crippen LogP contribution in [0.15, 0.2) is 18.2 Å². The van der Waals surface area contributed by atoms with Crippen LogP contribution in [0.2, 0.25) is 0 Å². The lowest BCUT2D eigenvalue weighted by atomic mass is 9.90. The van der Waals surface area contributed by atoms with E-state index in [4.69, 9.17) is 4.74 Å². The standard InChI is InChI=1S/C13H16N2O2/c16-13-8-17-12-2-1-10(7-11(12)15-13)9-3-5-14-6-4-9/h1-2,7,9,14H,3-6,8H2,(H,15,16). The zero-order valence-corrected chi connectivity index (χ0v) is 9.66. The average molecular weight is 232 g/mol. The molecule has 0 aliphatic carbocycles. The summed E-state index contributed by atoms with van der Waals surface area (Å²) in [5, 5.41) is 6.22. The number of ether oxygens (including phenoxy) is 1. The Balaban J connectivity index is 1.86. The first kappa shape index (κ1) is 10.6. The van der Waals surface area contributed by atoms with Crippen LogP contribution in [0.4, 0.5) is 5.69 Å². The summed E-state index contributed by atoms with van der Waals surface area (Å²) >= 11 is 0. The van der Waals surface area contributed by atoms with Crippen molar-refractivity contribution in [2.24, 2.45) is 0 Å². The van der Waals surface area contributed by atoms with Crippen molar-refractivity contribution in [1.29, 1.82) is 0 Å². The molecule has 0 atom stereocenters. The number of fused-ring (bicyclic) bond motifs is 1. The number of rotatable bonds is 1. The van der Waals surface area contributed by atoms with E-state index in [2.05, 4.69) is 22.8 Å². The average Bonchev–Trinajstić information content (AvgIpc) is 2.39. The number of nitrogens with one attached hydrogen (secondary N) is 2. The van der Waals surface area contributed by atoms with Gasteiger partial charge in [-0.15, -0.1) is 0 Å². The molecule has 0 spiro atoms. The molecule has 4 heteroatoms. The summed E-state index contributed by atoms with van der Waals surface area (Å²) in [6, 6.07) is 6.14. The maximum atomic E-state index is 11.3. The van der Waals surface area contributed by atoms with Crippen LogP contribution in [0.5, 0.6) is 5.75 Å². The number of piperidine rings is 1. The molecule has 90 valence electrons. The van der Waals surface area contributed by atoms with E-state index in [1.54, 1.807) is 0 Å². The third kappa shape index (κ3) is 2.13. The van der Waals surface area contributed by atoms with Crippen LogP contribution in [-0.4, -0.2) is 25.6 Å². The SMILES string of the molecule is O=C1COc2ccc(C3CCNCC3)cc2N1. The fourth-order valence-corrected chi connectivity index (χ4v) is 2.51. The van der Waals surface area contributed by atoms with Gasteiger partial charge in [-0.1, -0.05) is 6.07 Å². The Kier molecular flexibility index (Phi) is 2.73. The summed E-state index contributed by atoms with van der Waals surface area (Å²) in [6.07, 6.45) is 2.32. The molecule has 0 saturated carbocycles. The molecule has 0 unspecified atom stereocenters. The van der Waals surface area contributed by atoms with Gasteiger partial charge in [0.2, 0.25) is 0 Å². The predicted molar refractivity (Wildman–Crippen MR) is 65.4 cm³/mol. The van der Waals surface area contributed by atoms with Crippen LogP contribution < -0.4 is 15.4 Å².